The molecule has 0 heterocycles. The van der Waals surface area contributed by atoms with Crippen LogP contribution < -0.4 is 20.2 Å². The maximum absolute atomic E-state index is 12.3. The van der Waals surface area contributed by atoms with Gasteiger partial charge in [0.2, 0.25) is 0 Å². The number of rotatable bonds is 6. The van der Waals surface area contributed by atoms with Crippen molar-refractivity contribution in [2.24, 2.45) is 5.10 Å². The molecule has 3 aromatic rings. The van der Waals surface area contributed by atoms with Gasteiger partial charge in [0.1, 0.15) is 11.5 Å². The summed E-state index contributed by atoms with van der Waals surface area (Å²) in [6.07, 6.45) is 1.34. The summed E-state index contributed by atoms with van der Waals surface area (Å²) in [4.78, 5) is 36.2. The van der Waals surface area contributed by atoms with Crippen LogP contribution in [-0.2, 0) is 9.59 Å². The number of ether oxygens (including phenoxy) is 2. The predicted molar refractivity (Wildman–Crippen MR) is 120 cm³/mol. The fraction of sp³-hybridized carbons (Fsp3) is 0.0833. The zero-order chi connectivity index (χ0) is 22.9. The van der Waals surface area contributed by atoms with Crippen molar-refractivity contribution in [3.8, 4) is 11.5 Å². The minimum Gasteiger partial charge on any atom is -0.497 e. The van der Waals surface area contributed by atoms with Crippen LogP contribution in [0.1, 0.15) is 21.5 Å². The average molecular weight is 431 g/mol. The van der Waals surface area contributed by atoms with Crippen molar-refractivity contribution in [1.29, 1.82) is 0 Å². The Hall–Kier alpha value is -4.46. The first kappa shape index (κ1) is 22.2. The van der Waals surface area contributed by atoms with E-state index in [9.17, 15) is 14.4 Å². The van der Waals surface area contributed by atoms with E-state index >= 15 is 0 Å². The summed E-state index contributed by atoms with van der Waals surface area (Å²) < 4.78 is 10.4. The number of aryl methyl sites for hydroxylation is 1. The predicted octanol–water partition coefficient (Wildman–Crippen LogP) is 3.31. The lowest BCUT2D eigenvalue weighted by atomic mass is 10.2. The van der Waals surface area contributed by atoms with Crippen LogP contribution in [-0.4, -0.2) is 31.1 Å². The zero-order valence-corrected chi connectivity index (χ0v) is 17.5. The lowest BCUT2D eigenvalue weighted by molar-refractivity contribution is -0.136. The fourth-order valence-electron chi connectivity index (χ4n) is 2.66. The summed E-state index contributed by atoms with van der Waals surface area (Å²) in [6, 6.07) is 20.2. The van der Waals surface area contributed by atoms with Crippen LogP contribution in [0.2, 0.25) is 0 Å². The maximum Gasteiger partial charge on any atom is 0.343 e. The number of hydrogen-bond donors (Lipinski definition) is 2. The van der Waals surface area contributed by atoms with Crippen molar-refractivity contribution in [1.82, 2.24) is 5.43 Å². The summed E-state index contributed by atoms with van der Waals surface area (Å²) in [7, 11) is 1.54. The molecule has 162 valence electrons. The van der Waals surface area contributed by atoms with Gasteiger partial charge in [-0.15, -0.1) is 0 Å². The standard InChI is InChI=1S/C24H21N3O5/c1-16-6-3-4-9-21(16)26-22(28)23(29)27-25-15-17-7-5-8-20(14-17)32-24(30)18-10-12-19(31-2)13-11-18/h3-15H,1-2H3,(H,26,28)(H,27,29)/b25-15-. The Kier molecular flexibility index (Phi) is 7.32. The summed E-state index contributed by atoms with van der Waals surface area (Å²) in [5.41, 5.74) is 4.47. The van der Waals surface area contributed by atoms with E-state index in [0.717, 1.165) is 5.56 Å². The smallest absolute Gasteiger partial charge is 0.343 e. The molecule has 0 saturated carbocycles. The molecular formula is C24H21N3O5. The maximum atomic E-state index is 12.3. The number of benzene rings is 3. The van der Waals surface area contributed by atoms with Gasteiger partial charge in [0.25, 0.3) is 0 Å². The number of esters is 1. The molecule has 2 N–H and O–H groups in total. The second-order valence-corrected chi connectivity index (χ2v) is 6.66. The first-order chi connectivity index (χ1) is 15.5. The number of nitrogens with zero attached hydrogens (tertiary/aromatic N) is 1. The van der Waals surface area contributed by atoms with Crippen molar-refractivity contribution in [2.45, 2.75) is 6.92 Å². The quantitative estimate of drug-likeness (QED) is 0.205. The van der Waals surface area contributed by atoms with Gasteiger partial charge in [-0.1, -0.05) is 30.3 Å². The molecule has 0 spiro atoms. The molecule has 8 nitrogen and oxygen atoms in total. The molecule has 3 aromatic carbocycles. The molecule has 3 rings (SSSR count). The molecule has 2 amide bonds. The number of anilines is 1. The van der Waals surface area contributed by atoms with Crippen LogP contribution in [0.4, 0.5) is 5.69 Å². The van der Waals surface area contributed by atoms with E-state index < -0.39 is 17.8 Å². The molecule has 8 heteroatoms. The Bertz CT molecular complexity index is 1160. The van der Waals surface area contributed by atoms with Gasteiger partial charge >= 0.3 is 17.8 Å². The van der Waals surface area contributed by atoms with Gasteiger partial charge in [-0.3, -0.25) is 9.59 Å². The first-order valence-corrected chi connectivity index (χ1v) is 9.62. The van der Waals surface area contributed by atoms with Crippen LogP contribution in [0, 0.1) is 6.92 Å². The number of hydrazone groups is 1. The van der Waals surface area contributed by atoms with Gasteiger partial charge in [0, 0.05) is 5.69 Å². The van der Waals surface area contributed by atoms with E-state index in [1.165, 1.54) is 6.21 Å². The van der Waals surface area contributed by atoms with Crippen molar-refractivity contribution in [3.63, 3.8) is 0 Å². The molecule has 0 radical (unpaired) electrons. The SMILES string of the molecule is COc1ccc(C(=O)Oc2cccc(/C=N\NC(=O)C(=O)Nc3ccccc3C)c2)cc1. The average Bonchev–Trinajstić information content (AvgIpc) is 2.80. The first-order valence-electron chi connectivity index (χ1n) is 9.62. The van der Waals surface area contributed by atoms with Gasteiger partial charge in [-0.2, -0.15) is 5.10 Å². The van der Waals surface area contributed by atoms with Crippen molar-refractivity contribution in [3.05, 3.63) is 89.5 Å². The fourth-order valence-corrected chi connectivity index (χ4v) is 2.66. The van der Waals surface area contributed by atoms with Crippen LogP contribution in [0.25, 0.3) is 0 Å². The van der Waals surface area contributed by atoms with E-state index in [4.69, 9.17) is 9.47 Å². The van der Waals surface area contributed by atoms with Crippen LogP contribution >= 0.6 is 0 Å². The summed E-state index contributed by atoms with van der Waals surface area (Å²) in [6.45, 7) is 1.82. The Morgan fingerprint density at radius 3 is 2.34 bits per heavy atom. The van der Waals surface area contributed by atoms with Gasteiger partial charge in [0.05, 0.1) is 18.9 Å². The molecule has 32 heavy (non-hydrogen) atoms. The number of methoxy groups -OCH3 is 1. The molecule has 0 aliphatic rings. The Labute approximate surface area is 184 Å². The molecule has 0 aliphatic heterocycles. The molecule has 0 fully saturated rings. The van der Waals surface area contributed by atoms with Gasteiger partial charge in [0.15, 0.2) is 0 Å². The molecule has 0 bridgehead atoms. The molecule has 0 unspecified atom stereocenters. The van der Waals surface area contributed by atoms with Crippen LogP contribution in [0.3, 0.4) is 0 Å². The molecule has 0 atom stereocenters. The van der Waals surface area contributed by atoms with Gasteiger partial charge in [-0.05, 0) is 60.5 Å². The lowest BCUT2D eigenvalue weighted by Gasteiger charge is -2.07. The second kappa shape index (κ2) is 10.5. The third-order valence-electron chi connectivity index (χ3n) is 4.37. The lowest BCUT2D eigenvalue weighted by Crippen LogP contribution is -2.32. The third-order valence-corrected chi connectivity index (χ3v) is 4.37. The highest BCUT2D eigenvalue weighted by molar-refractivity contribution is 6.39. The highest BCUT2D eigenvalue weighted by Gasteiger charge is 2.13. The molecule has 0 saturated heterocycles. The Morgan fingerprint density at radius 1 is 0.875 bits per heavy atom. The molecule has 0 aromatic heterocycles. The van der Waals surface area contributed by atoms with Crippen molar-refractivity contribution < 1.29 is 23.9 Å². The van der Waals surface area contributed by atoms with Crippen LogP contribution in [0.5, 0.6) is 11.5 Å². The van der Waals surface area contributed by atoms with E-state index in [-0.39, 0.29) is 0 Å². The third kappa shape index (κ3) is 6.02. The number of carbonyl (C=O) groups excluding carboxylic acids is 3. The van der Waals surface area contributed by atoms with E-state index in [2.05, 4.69) is 15.8 Å². The largest absolute Gasteiger partial charge is 0.497 e. The number of carbonyl (C=O) groups is 3. The topological polar surface area (TPSA) is 106 Å². The van der Waals surface area contributed by atoms with Crippen molar-refractivity contribution >= 4 is 29.7 Å². The summed E-state index contributed by atoms with van der Waals surface area (Å²) in [5.74, 6) is -1.33. The zero-order valence-electron chi connectivity index (χ0n) is 17.5. The van der Waals surface area contributed by atoms with Gasteiger partial charge in [-0.25, -0.2) is 10.2 Å². The highest BCUT2D eigenvalue weighted by atomic mass is 16.5. The van der Waals surface area contributed by atoms with E-state index in [0.29, 0.717) is 28.3 Å². The van der Waals surface area contributed by atoms with E-state index in [1.54, 1.807) is 67.8 Å². The van der Waals surface area contributed by atoms with E-state index in [1.807, 2.05) is 19.1 Å². The monoisotopic (exact) mass is 431 g/mol. The van der Waals surface area contributed by atoms with Crippen LogP contribution in [0.15, 0.2) is 77.9 Å². The minimum absolute atomic E-state index is 0.304. The second-order valence-electron chi connectivity index (χ2n) is 6.66. The number of para-hydroxylation sites is 1. The normalized spacial score (nSPS) is 10.4. The number of amides is 2. The molecular weight excluding hydrogens is 410 g/mol. The minimum atomic E-state index is -0.911. The number of nitrogens with one attached hydrogen (secondary N) is 2. The van der Waals surface area contributed by atoms with Crippen molar-refractivity contribution in [2.75, 3.05) is 12.4 Å². The number of hydrogen-bond acceptors (Lipinski definition) is 6. The summed E-state index contributed by atoms with van der Waals surface area (Å²) in [5, 5.41) is 6.31. The Morgan fingerprint density at radius 2 is 1.62 bits per heavy atom. The Balaban J connectivity index is 1.56. The summed E-state index contributed by atoms with van der Waals surface area (Å²) >= 11 is 0. The molecule has 0 aliphatic carbocycles. The highest BCUT2D eigenvalue weighted by Crippen LogP contribution is 2.17. The van der Waals surface area contributed by atoms with Gasteiger partial charge < -0.3 is 14.8 Å².